The molecule has 1 fully saturated rings. The molecular formula is C12H14N2O5S. The Morgan fingerprint density at radius 1 is 1.25 bits per heavy atom. The van der Waals surface area contributed by atoms with Crippen molar-refractivity contribution in [2.45, 2.75) is 18.9 Å². The van der Waals surface area contributed by atoms with Crippen LogP contribution in [0.25, 0.3) is 0 Å². The third kappa shape index (κ3) is 2.55. The van der Waals surface area contributed by atoms with E-state index < -0.39 is 15.7 Å². The van der Waals surface area contributed by atoms with Crippen LogP contribution in [0.15, 0.2) is 12.1 Å². The molecule has 2 heterocycles. The van der Waals surface area contributed by atoms with Crippen LogP contribution >= 0.6 is 0 Å². The van der Waals surface area contributed by atoms with Crippen LogP contribution in [-0.4, -0.2) is 33.5 Å². The first-order valence-electron chi connectivity index (χ1n) is 6.33. The van der Waals surface area contributed by atoms with Gasteiger partial charge in [0, 0.05) is 34.4 Å². The standard InChI is InChI=1S/C12H14N2O5S/c15-14(16)10-6-12-11(18-7-19-12)5-9(10)13-8-1-3-20(17)4-2-8/h5-6,8,13H,1-4,7H2. The maximum absolute atomic E-state index is 11.3. The van der Waals surface area contributed by atoms with Crippen molar-refractivity contribution in [2.75, 3.05) is 23.6 Å². The molecule has 0 radical (unpaired) electrons. The summed E-state index contributed by atoms with van der Waals surface area (Å²) in [5, 5.41) is 14.3. The van der Waals surface area contributed by atoms with Crippen LogP contribution in [-0.2, 0) is 10.8 Å². The van der Waals surface area contributed by atoms with Crippen LogP contribution in [0.5, 0.6) is 11.5 Å². The number of hydrogen-bond acceptors (Lipinski definition) is 6. The molecule has 1 aromatic rings. The van der Waals surface area contributed by atoms with E-state index in [0.29, 0.717) is 28.7 Å². The van der Waals surface area contributed by atoms with Gasteiger partial charge in [-0.3, -0.25) is 14.3 Å². The van der Waals surface area contributed by atoms with E-state index in [0.717, 1.165) is 12.8 Å². The summed E-state index contributed by atoms with van der Waals surface area (Å²) in [5.41, 5.74) is 0.401. The van der Waals surface area contributed by atoms with E-state index in [1.165, 1.54) is 6.07 Å². The van der Waals surface area contributed by atoms with E-state index in [4.69, 9.17) is 9.47 Å². The quantitative estimate of drug-likeness (QED) is 0.674. The first kappa shape index (κ1) is 13.2. The summed E-state index contributed by atoms with van der Waals surface area (Å²) in [7, 11) is -0.751. The van der Waals surface area contributed by atoms with Crippen molar-refractivity contribution < 1.29 is 18.6 Å². The Morgan fingerprint density at radius 3 is 2.55 bits per heavy atom. The van der Waals surface area contributed by atoms with Gasteiger partial charge in [0.05, 0.1) is 11.0 Å². The van der Waals surface area contributed by atoms with Crippen LogP contribution in [0.4, 0.5) is 11.4 Å². The van der Waals surface area contributed by atoms with Gasteiger partial charge in [-0.1, -0.05) is 0 Å². The minimum atomic E-state index is -0.751. The van der Waals surface area contributed by atoms with E-state index in [1.54, 1.807) is 6.07 Å². The second kappa shape index (κ2) is 5.28. The zero-order chi connectivity index (χ0) is 14.1. The second-order valence-corrected chi connectivity index (χ2v) is 6.44. The number of nitrogens with zero attached hydrogens (tertiary/aromatic N) is 1. The van der Waals surface area contributed by atoms with Crippen molar-refractivity contribution in [1.29, 1.82) is 0 Å². The van der Waals surface area contributed by atoms with Crippen LogP contribution < -0.4 is 14.8 Å². The number of rotatable bonds is 3. The Kier molecular flexibility index (Phi) is 3.47. The largest absolute Gasteiger partial charge is 0.454 e. The smallest absolute Gasteiger partial charge is 0.296 e. The van der Waals surface area contributed by atoms with E-state index in [9.17, 15) is 14.3 Å². The molecule has 0 bridgehead atoms. The van der Waals surface area contributed by atoms with Gasteiger partial charge in [-0.05, 0) is 12.8 Å². The lowest BCUT2D eigenvalue weighted by molar-refractivity contribution is -0.384. The Labute approximate surface area is 117 Å². The minimum absolute atomic E-state index is 0.0269. The van der Waals surface area contributed by atoms with Crippen LogP contribution in [0, 0.1) is 10.1 Å². The second-order valence-electron chi connectivity index (χ2n) is 4.75. The lowest BCUT2D eigenvalue weighted by atomic mass is 10.1. The van der Waals surface area contributed by atoms with E-state index in [2.05, 4.69) is 5.32 Å². The zero-order valence-corrected chi connectivity index (χ0v) is 11.5. The fourth-order valence-corrected chi connectivity index (χ4v) is 3.65. The number of nitro groups is 1. The van der Waals surface area contributed by atoms with E-state index in [1.807, 2.05) is 0 Å². The molecule has 1 aromatic carbocycles. The number of benzene rings is 1. The Balaban J connectivity index is 1.84. The Bertz CT molecular complexity index is 567. The van der Waals surface area contributed by atoms with Gasteiger partial charge >= 0.3 is 0 Å². The highest BCUT2D eigenvalue weighted by Gasteiger charge is 2.26. The van der Waals surface area contributed by atoms with Gasteiger partial charge in [0.15, 0.2) is 11.5 Å². The molecule has 2 aliphatic rings. The van der Waals surface area contributed by atoms with Crippen LogP contribution in [0.3, 0.4) is 0 Å². The van der Waals surface area contributed by atoms with Crippen molar-refractivity contribution in [3.05, 3.63) is 22.2 Å². The SMILES string of the molecule is O=[N+]([O-])c1cc2c(cc1NC1CCS(=O)CC1)OCO2. The molecule has 1 N–H and O–H groups in total. The van der Waals surface area contributed by atoms with Gasteiger partial charge in [0.2, 0.25) is 6.79 Å². The summed E-state index contributed by atoms with van der Waals surface area (Å²) in [6.07, 6.45) is 1.50. The molecule has 20 heavy (non-hydrogen) atoms. The maximum atomic E-state index is 11.3. The number of fused-ring (bicyclic) bond motifs is 1. The maximum Gasteiger partial charge on any atom is 0.296 e. The van der Waals surface area contributed by atoms with Crippen molar-refractivity contribution in [2.24, 2.45) is 0 Å². The molecule has 0 unspecified atom stereocenters. The first-order chi connectivity index (χ1) is 9.63. The van der Waals surface area contributed by atoms with Gasteiger partial charge in [0.25, 0.3) is 5.69 Å². The van der Waals surface area contributed by atoms with Crippen LogP contribution in [0.2, 0.25) is 0 Å². The number of hydrogen-bond donors (Lipinski definition) is 1. The molecular weight excluding hydrogens is 284 g/mol. The van der Waals surface area contributed by atoms with Crippen molar-refractivity contribution >= 4 is 22.2 Å². The number of nitro benzene ring substituents is 1. The zero-order valence-electron chi connectivity index (χ0n) is 10.7. The number of nitrogens with one attached hydrogen (secondary N) is 1. The molecule has 0 aromatic heterocycles. The van der Waals surface area contributed by atoms with E-state index in [-0.39, 0.29) is 18.5 Å². The summed E-state index contributed by atoms with van der Waals surface area (Å²) >= 11 is 0. The fraction of sp³-hybridized carbons (Fsp3) is 0.500. The van der Waals surface area contributed by atoms with Crippen molar-refractivity contribution in [3.8, 4) is 11.5 Å². The molecule has 2 aliphatic heterocycles. The summed E-state index contributed by atoms with van der Waals surface area (Å²) in [5.74, 6) is 2.18. The van der Waals surface area contributed by atoms with E-state index >= 15 is 0 Å². The van der Waals surface area contributed by atoms with Crippen molar-refractivity contribution in [1.82, 2.24) is 0 Å². The summed E-state index contributed by atoms with van der Waals surface area (Å²) < 4.78 is 21.7. The lowest BCUT2D eigenvalue weighted by Gasteiger charge is -2.23. The molecule has 7 nitrogen and oxygen atoms in total. The Morgan fingerprint density at radius 2 is 1.90 bits per heavy atom. The average molecular weight is 298 g/mol. The summed E-state index contributed by atoms with van der Waals surface area (Å²) in [6.45, 7) is 0.0817. The molecule has 108 valence electrons. The predicted octanol–water partition coefficient (Wildman–Crippen LogP) is 1.65. The monoisotopic (exact) mass is 298 g/mol. The Hall–Kier alpha value is -1.83. The predicted molar refractivity (Wildman–Crippen MR) is 73.7 cm³/mol. The molecule has 0 atom stereocenters. The van der Waals surface area contributed by atoms with Gasteiger partial charge in [-0.25, -0.2) is 0 Å². The third-order valence-corrected chi connectivity index (χ3v) is 4.82. The normalized spacial score (nSPS) is 24.4. The van der Waals surface area contributed by atoms with Gasteiger partial charge in [-0.15, -0.1) is 0 Å². The summed E-state index contributed by atoms with van der Waals surface area (Å²) in [4.78, 5) is 10.7. The molecule has 0 saturated carbocycles. The fourth-order valence-electron chi connectivity index (χ4n) is 2.36. The third-order valence-electron chi connectivity index (χ3n) is 3.44. The highest BCUT2D eigenvalue weighted by Crippen LogP contribution is 2.41. The average Bonchev–Trinajstić information content (AvgIpc) is 2.87. The van der Waals surface area contributed by atoms with Gasteiger partial charge in [-0.2, -0.15) is 0 Å². The topological polar surface area (TPSA) is 90.7 Å². The number of anilines is 1. The van der Waals surface area contributed by atoms with Gasteiger partial charge in [0.1, 0.15) is 5.69 Å². The molecule has 0 spiro atoms. The molecule has 1 saturated heterocycles. The first-order valence-corrected chi connectivity index (χ1v) is 7.82. The van der Waals surface area contributed by atoms with Crippen LogP contribution in [0.1, 0.15) is 12.8 Å². The highest BCUT2D eigenvalue weighted by atomic mass is 32.2. The van der Waals surface area contributed by atoms with Gasteiger partial charge < -0.3 is 14.8 Å². The highest BCUT2D eigenvalue weighted by molar-refractivity contribution is 7.85. The molecule has 0 aliphatic carbocycles. The molecule has 8 heteroatoms. The minimum Gasteiger partial charge on any atom is -0.454 e. The molecule has 3 rings (SSSR count). The summed E-state index contributed by atoms with van der Waals surface area (Å²) in [6, 6.07) is 3.09. The number of ether oxygens (including phenoxy) is 2. The lowest BCUT2D eigenvalue weighted by Crippen LogP contribution is -2.29. The molecule has 0 amide bonds. The van der Waals surface area contributed by atoms with Crippen molar-refractivity contribution in [3.63, 3.8) is 0 Å².